The quantitative estimate of drug-likeness (QED) is 0.0510. The van der Waals surface area contributed by atoms with Crippen molar-refractivity contribution >= 4 is 84.9 Å². The Morgan fingerprint density at radius 2 is 0.902 bits per heavy atom. The van der Waals surface area contributed by atoms with Crippen LogP contribution in [0.1, 0.15) is 127 Å². The van der Waals surface area contributed by atoms with Gasteiger partial charge in [0.2, 0.25) is 17.7 Å². The molecule has 102 heavy (non-hydrogen) atoms. The van der Waals surface area contributed by atoms with Gasteiger partial charge in [0.25, 0.3) is 34.3 Å². The third-order valence-electron chi connectivity index (χ3n) is 23.8. The molecule has 534 valence electrons. The van der Waals surface area contributed by atoms with Crippen LogP contribution in [0.2, 0.25) is 0 Å². The summed E-state index contributed by atoms with van der Waals surface area (Å²) >= 11 is 0. The van der Waals surface area contributed by atoms with E-state index < -0.39 is 5.54 Å². The van der Waals surface area contributed by atoms with Crippen LogP contribution in [0, 0.1) is 17.8 Å². The second-order valence-corrected chi connectivity index (χ2v) is 29.5. The number of nitrogens with zero attached hydrogens (tertiary/aromatic N) is 18. The Morgan fingerprint density at radius 1 is 0.500 bits per heavy atom. The number of ether oxygens (including phenoxy) is 3. The first-order chi connectivity index (χ1) is 49.1. The van der Waals surface area contributed by atoms with E-state index in [-0.39, 0.29) is 100 Å². The molecule has 8 aliphatic rings. The molecule has 0 saturated heterocycles. The van der Waals surface area contributed by atoms with Crippen LogP contribution in [-0.4, -0.2) is 165 Å². The third kappa shape index (κ3) is 10.5. The van der Waals surface area contributed by atoms with Crippen LogP contribution in [0.15, 0.2) is 108 Å². The number of fused-ring (bicyclic) bond motifs is 3. The average molecular weight is 1390 g/mol. The number of imidazole rings is 3. The Kier molecular flexibility index (Phi) is 16.0. The molecule has 9 aromatic heterocycles. The molecule has 9 unspecified atom stereocenters. The first kappa shape index (κ1) is 65.9. The summed E-state index contributed by atoms with van der Waals surface area (Å²) in [5.74, 6) is 0.216. The van der Waals surface area contributed by atoms with Gasteiger partial charge in [0.05, 0.1) is 81.5 Å². The molecular weight excluding hydrogens is 1300 g/mol. The van der Waals surface area contributed by atoms with Gasteiger partial charge in [0, 0.05) is 132 Å². The zero-order valence-corrected chi connectivity index (χ0v) is 59.1. The molecule has 0 radical (unpaired) electrons. The fraction of sp³-hybridized carbons (Fsp3) is 0.500. The van der Waals surface area contributed by atoms with E-state index in [0.717, 1.165) is 25.7 Å². The van der Waals surface area contributed by atoms with E-state index in [2.05, 4.69) is 51.0 Å². The summed E-state index contributed by atoms with van der Waals surface area (Å²) in [6.45, 7) is 12.7. The smallest absolute Gasteiger partial charge is 0.277 e. The summed E-state index contributed by atoms with van der Waals surface area (Å²) in [6, 6.07) is -1.35. The Balaban J connectivity index is 0.642. The van der Waals surface area contributed by atoms with Crippen molar-refractivity contribution in [1.82, 2.24) is 86.4 Å². The van der Waals surface area contributed by atoms with E-state index >= 15 is 14.4 Å². The number of rotatable bonds is 23. The van der Waals surface area contributed by atoms with E-state index in [1.807, 2.05) is 64.2 Å². The number of carbonyl (C=O) groups is 3. The molecule has 2 bridgehead atoms. The lowest BCUT2D eigenvalue weighted by molar-refractivity contribution is -0.159. The molecule has 9 aromatic rings. The lowest BCUT2D eigenvalue weighted by Crippen LogP contribution is -2.69. The minimum Gasteiger partial charge on any atom is -0.478 e. The Morgan fingerprint density at radius 3 is 1.31 bits per heavy atom. The van der Waals surface area contributed by atoms with Gasteiger partial charge in [-0.15, -0.1) is 15.3 Å². The number of hydrogen-bond acceptors (Lipinski definition) is 18. The highest BCUT2D eigenvalue weighted by Gasteiger charge is 2.69. The van der Waals surface area contributed by atoms with Gasteiger partial charge in [-0.25, -0.2) is 15.0 Å². The average Bonchev–Trinajstić information content (AvgIpc) is 1.08. The van der Waals surface area contributed by atoms with Gasteiger partial charge in [-0.3, -0.25) is 42.8 Å². The van der Waals surface area contributed by atoms with Gasteiger partial charge < -0.3 is 72.3 Å². The molecule has 3 amide bonds. The van der Waals surface area contributed by atoms with Crippen LogP contribution in [0.25, 0.3) is 33.1 Å². The summed E-state index contributed by atoms with van der Waals surface area (Å²) in [6.07, 6.45) is 27.7. The third-order valence-corrected chi connectivity index (χ3v) is 23.8. The summed E-state index contributed by atoms with van der Waals surface area (Å²) in [4.78, 5) is 108. The largest absolute Gasteiger partial charge is 0.478 e. The number of carbonyl (C=O) groups excluding carboxylic acids is 3. The normalized spacial score (nSPS) is 24.9. The predicted molar refractivity (Wildman–Crippen MR) is 382 cm³/mol. The lowest BCUT2D eigenvalue weighted by atomic mass is 9.40. The number of pyridine rings is 3. The maximum absolute atomic E-state index is 15.5. The molecule has 30 nitrogen and oxygen atoms in total. The fourth-order valence-corrected chi connectivity index (χ4v) is 17.9. The van der Waals surface area contributed by atoms with E-state index in [0.29, 0.717) is 167 Å². The number of aromatic nitrogens is 15. The van der Waals surface area contributed by atoms with Gasteiger partial charge in [-0.2, -0.15) is 0 Å². The zero-order chi connectivity index (χ0) is 71.2. The lowest BCUT2D eigenvalue weighted by Gasteiger charge is -2.69. The van der Waals surface area contributed by atoms with Crippen molar-refractivity contribution in [2.75, 3.05) is 58.4 Å². The summed E-state index contributed by atoms with van der Waals surface area (Å²) < 4.78 is 33.1. The minimum atomic E-state index is -0.621. The van der Waals surface area contributed by atoms with Crippen molar-refractivity contribution in [3.8, 4) is 17.6 Å². The van der Waals surface area contributed by atoms with Gasteiger partial charge in [0.15, 0.2) is 0 Å². The number of hydrogen-bond donors (Lipinski definition) is 3. The SMILES string of the molecule is C=CC(=O)N(C)C1CCC(n2cc(Nc3cn(C)nc3OC)c3ncn(C45CC(C4)C5C(=C)C(=O)N(C)C4CCC(n5cc(Nc6cn(C)nc6OC)c6ncn(C7CCC7C(=C)C(=O)N(C)C7CCC(n8cc(Nc9cn(C)nc9OC)c9ncn(C%10CC%10)c9c8=O)C7)c6c5=O)C4)c3c2=O)C1. The van der Waals surface area contributed by atoms with Gasteiger partial charge in [-0.1, -0.05) is 19.7 Å². The maximum atomic E-state index is 15.5. The van der Waals surface area contributed by atoms with Crippen LogP contribution in [0.5, 0.6) is 17.6 Å². The first-order valence-electron chi connectivity index (χ1n) is 35.3. The highest BCUT2D eigenvalue weighted by atomic mass is 16.5. The molecule has 30 heteroatoms. The summed E-state index contributed by atoms with van der Waals surface area (Å²) in [7, 11) is 15.5. The van der Waals surface area contributed by atoms with Gasteiger partial charge in [-0.05, 0) is 108 Å². The molecule has 9 heterocycles. The topological polar surface area (TPSA) is 298 Å². The molecule has 8 aliphatic carbocycles. The highest BCUT2D eigenvalue weighted by Crippen LogP contribution is 2.69. The molecule has 0 spiro atoms. The van der Waals surface area contributed by atoms with E-state index in [1.165, 1.54) is 6.08 Å². The predicted octanol–water partition coefficient (Wildman–Crippen LogP) is 8.05. The highest BCUT2D eigenvalue weighted by molar-refractivity contribution is 5.96. The van der Waals surface area contributed by atoms with Crippen molar-refractivity contribution in [3.63, 3.8) is 0 Å². The fourth-order valence-electron chi connectivity index (χ4n) is 17.9. The Labute approximate surface area is 586 Å². The van der Waals surface area contributed by atoms with E-state index in [4.69, 9.17) is 29.2 Å². The van der Waals surface area contributed by atoms with Crippen LogP contribution < -0.4 is 46.8 Å². The van der Waals surface area contributed by atoms with Crippen molar-refractivity contribution in [2.45, 2.75) is 150 Å². The van der Waals surface area contributed by atoms with Crippen molar-refractivity contribution in [1.29, 1.82) is 0 Å². The standard InChI is InChI=1S/C72H87N21O9/c1-13-56(94)85(7)42-16-19-45(24-42)90-34-51(78-54-31-84(6)81-66(54)102-12)60-63(71(90)99)93(37-75-60)72-27-40(28-72)57(72)39(3)68(96)87(9)44-18-21-47(26-44)89-33-50(77-53-30-83(5)80-65(53)101-11)59-62(70(89)98)92(36-74-59)55-23-22-48(55)38(2)67(95)86(8)43-17-20-46(25-43)88-32-49(76-52-29-82(4)79-64(52)100-10)58-61(69(88)97)91(35-73-58)41-14-15-41/h13,29-37,40-48,55,57,76-78H,1-3,14-28H2,4-12H3. The van der Waals surface area contributed by atoms with Gasteiger partial charge >= 0.3 is 0 Å². The van der Waals surface area contributed by atoms with Crippen molar-refractivity contribution in [2.24, 2.45) is 38.9 Å². The molecule has 8 fully saturated rings. The number of likely N-dealkylation sites (N-methyl/N-ethyl adjacent to an activating group) is 3. The summed E-state index contributed by atoms with van der Waals surface area (Å²) in [5, 5.41) is 23.8. The number of amides is 3. The maximum Gasteiger partial charge on any atom is 0.277 e. The first-order valence-corrected chi connectivity index (χ1v) is 35.3. The molecule has 8 saturated carbocycles. The second-order valence-electron chi connectivity index (χ2n) is 29.5. The number of anilines is 6. The van der Waals surface area contributed by atoms with Crippen LogP contribution in [0.4, 0.5) is 34.1 Å². The van der Waals surface area contributed by atoms with Crippen molar-refractivity contribution in [3.05, 3.63) is 124 Å². The number of methoxy groups -OCH3 is 3. The summed E-state index contributed by atoms with van der Waals surface area (Å²) in [5.41, 5.74) is 6.15. The number of nitrogens with one attached hydrogen (secondary N) is 3. The molecule has 0 aromatic carbocycles. The minimum absolute atomic E-state index is 0.0842. The van der Waals surface area contributed by atoms with Crippen molar-refractivity contribution < 1.29 is 28.6 Å². The van der Waals surface area contributed by atoms with Crippen LogP contribution in [-0.2, 0) is 41.1 Å². The van der Waals surface area contributed by atoms with Gasteiger partial charge in [0.1, 0.15) is 50.2 Å². The molecular formula is C72H87N21O9. The Bertz CT molecular complexity index is 5140. The van der Waals surface area contributed by atoms with Crippen LogP contribution in [0.3, 0.4) is 0 Å². The molecule has 9 atom stereocenters. The molecule has 0 aliphatic heterocycles. The van der Waals surface area contributed by atoms with E-state index in [1.54, 1.807) is 112 Å². The number of aryl methyl sites for hydroxylation is 3. The zero-order valence-electron chi connectivity index (χ0n) is 59.1. The van der Waals surface area contributed by atoms with Crippen LogP contribution >= 0.6 is 0 Å². The van der Waals surface area contributed by atoms with E-state index in [9.17, 15) is 14.4 Å². The second kappa shape index (κ2) is 24.8. The Hall–Kier alpha value is -10.7. The monoisotopic (exact) mass is 1390 g/mol. The molecule has 17 rings (SSSR count). The molecule has 3 N–H and O–H groups in total.